The summed E-state index contributed by atoms with van der Waals surface area (Å²) in [4.78, 5) is 2.01. The molecule has 0 radical (unpaired) electrons. The number of rotatable bonds is 5. The van der Waals surface area contributed by atoms with E-state index in [0.717, 1.165) is 17.1 Å². The summed E-state index contributed by atoms with van der Waals surface area (Å²) in [7, 11) is 1.95. The summed E-state index contributed by atoms with van der Waals surface area (Å²) in [5, 5.41) is 10.4. The summed E-state index contributed by atoms with van der Waals surface area (Å²) >= 11 is 0. The highest BCUT2D eigenvalue weighted by molar-refractivity contribution is 5.44. The lowest BCUT2D eigenvalue weighted by atomic mass is 10.1. The first-order valence-electron chi connectivity index (χ1n) is 7.01. The summed E-state index contributed by atoms with van der Waals surface area (Å²) in [6.45, 7) is 2.29. The van der Waals surface area contributed by atoms with Crippen LogP contribution >= 0.6 is 0 Å². The van der Waals surface area contributed by atoms with Crippen molar-refractivity contribution >= 4 is 0 Å². The lowest BCUT2D eigenvalue weighted by Crippen LogP contribution is -2.24. The summed E-state index contributed by atoms with van der Waals surface area (Å²) in [5.41, 5.74) is 0.825. The van der Waals surface area contributed by atoms with Crippen LogP contribution in [0.4, 0.5) is 0 Å². The summed E-state index contributed by atoms with van der Waals surface area (Å²) in [6, 6.07) is 9.35. The van der Waals surface area contributed by atoms with Crippen molar-refractivity contribution < 1.29 is 19.0 Å². The standard InChI is InChI=1S/C16H19NO4/c1-17(10-13-3-2-6-19-13)11-14(18)12-4-5-15-16(9-12)21-8-7-20-15/h2-6,9,14,18H,7-8,10-11H2,1H3/t14-/m0/s1. The molecule has 5 heteroatoms. The van der Waals surface area contributed by atoms with Crippen LogP contribution in [0.5, 0.6) is 11.5 Å². The zero-order valence-corrected chi connectivity index (χ0v) is 12.0. The molecule has 2 aromatic rings. The Labute approximate surface area is 123 Å². The fourth-order valence-electron chi connectivity index (χ4n) is 2.40. The summed E-state index contributed by atoms with van der Waals surface area (Å²) in [6.07, 6.45) is 1.07. The molecule has 1 atom stereocenters. The van der Waals surface area contributed by atoms with Gasteiger partial charge in [-0.3, -0.25) is 4.90 Å². The van der Waals surface area contributed by atoms with Gasteiger partial charge in [0.25, 0.3) is 0 Å². The monoisotopic (exact) mass is 289 g/mol. The molecule has 0 unspecified atom stereocenters. The first-order valence-corrected chi connectivity index (χ1v) is 7.01. The molecule has 0 aliphatic carbocycles. The number of fused-ring (bicyclic) bond motifs is 1. The van der Waals surface area contributed by atoms with Gasteiger partial charge in [0.05, 0.1) is 18.9 Å². The quantitative estimate of drug-likeness (QED) is 0.914. The molecule has 5 nitrogen and oxygen atoms in total. The van der Waals surface area contributed by atoms with Gasteiger partial charge in [-0.05, 0) is 36.9 Å². The fraction of sp³-hybridized carbons (Fsp3) is 0.375. The second-order valence-electron chi connectivity index (χ2n) is 5.20. The number of hydrogen-bond donors (Lipinski definition) is 1. The van der Waals surface area contributed by atoms with Gasteiger partial charge in [-0.1, -0.05) is 6.07 Å². The van der Waals surface area contributed by atoms with E-state index in [9.17, 15) is 5.11 Å². The van der Waals surface area contributed by atoms with Gasteiger partial charge < -0.3 is 19.0 Å². The van der Waals surface area contributed by atoms with Crippen molar-refractivity contribution in [2.45, 2.75) is 12.6 Å². The van der Waals surface area contributed by atoms with E-state index in [1.54, 1.807) is 6.26 Å². The first kappa shape index (κ1) is 14.0. The third-order valence-corrected chi connectivity index (χ3v) is 3.44. The van der Waals surface area contributed by atoms with Crippen LogP contribution in [0.3, 0.4) is 0 Å². The third kappa shape index (κ3) is 3.37. The molecule has 3 rings (SSSR count). The van der Waals surface area contributed by atoms with Crippen molar-refractivity contribution in [2.75, 3.05) is 26.8 Å². The third-order valence-electron chi connectivity index (χ3n) is 3.44. The molecule has 2 heterocycles. The number of ether oxygens (including phenoxy) is 2. The van der Waals surface area contributed by atoms with Gasteiger partial charge in [0, 0.05) is 6.54 Å². The molecule has 0 fully saturated rings. The van der Waals surface area contributed by atoms with Gasteiger partial charge in [0.1, 0.15) is 19.0 Å². The highest BCUT2D eigenvalue weighted by Gasteiger charge is 2.17. The van der Waals surface area contributed by atoms with Gasteiger partial charge in [-0.25, -0.2) is 0 Å². The van der Waals surface area contributed by atoms with E-state index in [2.05, 4.69) is 0 Å². The Kier molecular flexibility index (Phi) is 4.13. The minimum Gasteiger partial charge on any atom is -0.486 e. The van der Waals surface area contributed by atoms with Crippen LogP contribution in [0.25, 0.3) is 0 Å². The maximum atomic E-state index is 10.4. The van der Waals surface area contributed by atoms with Crippen LogP contribution < -0.4 is 9.47 Å². The average Bonchev–Trinajstić information content (AvgIpc) is 2.99. The van der Waals surface area contributed by atoms with Crippen molar-refractivity contribution in [3.8, 4) is 11.5 Å². The molecule has 0 bridgehead atoms. The molecule has 0 spiro atoms. The van der Waals surface area contributed by atoms with Crippen LogP contribution in [0.15, 0.2) is 41.0 Å². The lowest BCUT2D eigenvalue weighted by Gasteiger charge is -2.22. The smallest absolute Gasteiger partial charge is 0.161 e. The highest BCUT2D eigenvalue weighted by Crippen LogP contribution is 2.32. The molecule has 21 heavy (non-hydrogen) atoms. The molecular weight excluding hydrogens is 270 g/mol. The van der Waals surface area contributed by atoms with Crippen LogP contribution in [-0.4, -0.2) is 36.8 Å². The van der Waals surface area contributed by atoms with Gasteiger partial charge in [-0.2, -0.15) is 0 Å². The molecule has 0 saturated carbocycles. The van der Waals surface area contributed by atoms with E-state index < -0.39 is 6.10 Å². The maximum Gasteiger partial charge on any atom is 0.161 e. The highest BCUT2D eigenvalue weighted by atomic mass is 16.6. The number of aliphatic hydroxyl groups excluding tert-OH is 1. The normalized spacial score (nSPS) is 15.2. The predicted molar refractivity (Wildman–Crippen MR) is 77.4 cm³/mol. The van der Waals surface area contributed by atoms with E-state index in [4.69, 9.17) is 13.9 Å². The van der Waals surface area contributed by atoms with Gasteiger partial charge >= 0.3 is 0 Å². The van der Waals surface area contributed by atoms with Crippen molar-refractivity contribution in [1.29, 1.82) is 0 Å². The van der Waals surface area contributed by atoms with E-state index >= 15 is 0 Å². The molecule has 1 aromatic carbocycles. The van der Waals surface area contributed by atoms with E-state index in [1.165, 1.54) is 0 Å². The molecule has 1 aliphatic heterocycles. The Morgan fingerprint density at radius 1 is 1.19 bits per heavy atom. The lowest BCUT2D eigenvalue weighted by molar-refractivity contribution is 0.119. The Bertz CT molecular complexity index is 582. The number of benzene rings is 1. The zero-order valence-electron chi connectivity index (χ0n) is 12.0. The largest absolute Gasteiger partial charge is 0.486 e. The number of nitrogens with zero attached hydrogens (tertiary/aromatic N) is 1. The zero-order chi connectivity index (χ0) is 14.7. The molecular formula is C16H19NO4. The molecule has 0 saturated heterocycles. The Morgan fingerprint density at radius 3 is 2.76 bits per heavy atom. The SMILES string of the molecule is CN(Cc1ccco1)C[C@H](O)c1ccc2c(c1)OCCO2. The van der Waals surface area contributed by atoms with E-state index in [1.807, 2.05) is 42.3 Å². The average molecular weight is 289 g/mol. The van der Waals surface area contributed by atoms with Gasteiger partial charge in [0.15, 0.2) is 11.5 Å². The Morgan fingerprint density at radius 2 is 2.00 bits per heavy atom. The Balaban J connectivity index is 1.63. The fourth-order valence-corrected chi connectivity index (χ4v) is 2.40. The van der Waals surface area contributed by atoms with Crippen LogP contribution in [0.2, 0.25) is 0 Å². The van der Waals surface area contributed by atoms with Crippen LogP contribution in [0.1, 0.15) is 17.4 Å². The second kappa shape index (κ2) is 6.20. The topological polar surface area (TPSA) is 55.1 Å². The van der Waals surface area contributed by atoms with Crippen molar-refractivity contribution in [1.82, 2.24) is 4.90 Å². The van der Waals surface area contributed by atoms with Crippen LogP contribution in [0, 0.1) is 0 Å². The molecule has 0 amide bonds. The van der Waals surface area contributed by atoms with Crippen molar-refractivity contribution in [3.63, 3.8) is 0 Å². The minimum atomic E-state index is -0.583. The first-order chi connectivity index (χ1) is 10.2. The van der Waals surface area contributed by atoms with Gasteiger partial charge in [0.2, 0.25) is 0 Å². The minimum absolute atomic E-state index is 0.514. The summed E-state index contributed by atoms with van der Waals surface area (Å²) < 4.78 is 16.3. The van der Waals surface area contributed by atoms with Gasteiger partial charge in [-0.15, -0.1) is 0 Å². The number of hydrogen-bond acceptors (Lipinski definition) is 5. The van der Waals surface area contributed by atoms with Crippen molar-refractivity contribution in [3.05, 3.63) is 47.9 Å². The number of aliphatic hydroxyl groups is 1. The molecule has 1 aromatic heterocycles. The second-order valence-corrected chi connectivity index (χ2v) is 5.20. The summed E-state index contributed by atoms with van der Waals surface area (Å²) in [5.74, 6) is 2.32. The molecule has 112 valence electrons. The van der Waals surface area contributed by atoms with E-state index in [-0.39, 0.29) is 0 Å². The van der Waals surface area contributed by atoms with Crippen LogP contribution in [-0.2, 0) is 6.54 Å². The number of furan rings is 1. The van der Waals surface area contributed by atoms with E-state index in [0.29, 0.717) is 32.1 Å². The predicted octanol–water partition coefficient (Wildman–Crippen LogP) is 2.22. The molecule has 1 N–H and O–H groups in total. The molecule has 1 aliphatic rings. The maximum absolute atomic E-state index is 10.4. The Hall–Kier alpha value is -1.98. The number of likely N-dealkylation sites (N-methyl/N-ethyl adjacent to an activating group) is 1. The van der Waals surface area contributed by atoms with Crippen molar-refractivity contribution in [2.24, 2.45) is 0 Å².